The van der Waals surface area contributed by atoms with Crippen LogP contribution >= 0.6 is 11.6 Å². The molecule has 2 aromatic rings. The highest BCUT2D eigenvalue weighted by Gasteiger charge is 2.37. The molecule has 1 aromatic heterocycles. The lowest BCUT2D eigenvalue weighted by molar-refractivity contribution is 0.0517. The lowest BCUT2D eigenvalue weighted by Crippen LogP contribution is -2.56. The first-order valence-electron chi connectivity index (χ1n) is 11.1. The standard InChI is InChI=1S/C23H31ClN2O3S/c24-18-12-14-21(15-13-18)30(27,28)25-22-10-4-5-11-23(22)26(17-20-9-6-16-29-20)19-7-2-1-3-8-19/h6,9,12-16,19,22-23,25H,1-5,7-8,10-11,17H2/t22-,23-/m0/s1. The SMILES string of the molecule is O=S(=O)(N[C@H]1CCCC[C@@H]1N(Cc1ccco1)C1CCCCC1)c1ccc(Cl)cc1. The average Bonchev–Trinajstić information content (AvgIpc) is 3.27. The maximum absolute atomic E-state index is 13.1. The first-order chi connectivity index (χ1) is 14.5. The summed E-state index contributed by atoms with van der Waals surface area (Å²) in [5, 5.41) is 0.534. The van der Waals surface area contributed by atoms with Crippen LogP contribution in [0.3, 0.4) is 0 Å². The highest BCUT2D eigenvalue weighted by molar-refractivity contribution is 7.89. The lowest BCUT2D eigenvalue weighted by Gasteiger charge is -2.45. The number of halogens is 1. The van der Waals surface area contributed by atoms with Gasteiger partial charge in [0.15, 0.2) is 0 Å². The Morgan fingerprint density at radius 1 is 0.967 bits per heavy atom. The number of nitrogens with one attached hydrogen (secondary N) is 1. The number of hydrogen-bond donors (Lipinski definition) is 1. The molecule has 2 aliphatic carbocycles. The quantitative estimate of drug-likeness (QED) is 0.616. The van der Waals surface area contributed by atoms with Gasteiger partial charge < -0.3 is 4.42 Å². The van der Waals surface area contributed by atoms with Crippen molar-refractivity contribution >= 4 is 21.6 Å². The Morgan fingerprint density at radius 2 is 1.67 bits per heavy atom. The fraction of sp³-hybridized carbons (Fsp3) is 0.565. The predicted molar refractivity (Wildman–Crippen MR) is 119 cm³/mol. The molecule has 0 saturated heterocycles. The summed E-state index contributed by atoms with van der Waals surface area (Å²) in [5.41, 5.74) is 0. The van der Waals surface area contributed by atoms with Gasteiger partial charge in [-0.25, -0.2) is 13.1 Å². The molecule has 30 heavy (non-hydrogen) atoms. The van der Waals surface area contributed by atoms with E-state index in [1.165, 1.54) is 32.1 Å². The topological polar surface area (TPSA) is 62.6 Å². The van der Waals surface area contributed by atoms with Crippen molar-refractivity contribution in [3.05, 3.63) is 53.4 Å². The molecule has 0 bridgehead atoms. The van der Waals surface area contributed by atoms with E-state index in [0.29, 0.717) is 11.1 Å². The van der Waals surface area contributed by atoms with Gasteiger partial charge in [-0.05, 0) is 62.1 Å². The van der Waals surface area contributed by atoms with Crippen molar-refractivity contribution in [3.8, 4) is 0 Å². The highest BCUT2D eigenvalue weighted by atomic mass is 35.5. The molecular weight excluding hydrogens is 420 g/mol. The largest absolute Gasteiger partial charge is 0.468 e. The Bertz CT molecular complexity index is 893. The maximum Gasteiger partial charge on any atom is 0.240 e. The molecular formula is C23H31ClN2O3S. The summed E-state index contributed by atoms with van der Waals surface area (Å²) >= 11 is 5.94. The number of furan rings is 1. The maximum atomic E-state index is 13.1. The first-order valence-corrected chi connectivity index (χ1v) is 12.9. The highest BCUT2D eigenvalue weighted by Crippen LogP contribution is 2.32. The Morgan fingerprint density at radius 3 is 2.37 bits per heavy atom. The van der Waals surface area contributed by atoms with Crippen molar-refractivity contribution in [2.24, 2.45) is 0 Å². The Balaban J connectivity index is 1.57. The van der Waals surface area contributed by atoms with Crippen LogP contribution in [0.25, 0.3) is 0 Å². The van der Waals surface area contributed by atoms with Crippen LogP contribution in [-0.4, -0.2) is 31.4 Å². The fourth-order valence-corrected chi connectivity index (χ4v) is 6.47. The average molecular weight is 451 g/mol. The van der Waals surface area contributed by atoms with Crippen molar-refractivity contribution in [2.75, 3.05) is 0 Å². The monoisotopic (exact) mass is 450 g/mol. The number of benzene rings is 1. The van der Waals surface area contributed by atoms with Crippen molar-refractivity contribution in [2.45, 2.75) is 87.4 Å². The third kappa shape index (κ3) is 5.28. The molecule has 2 atom stereocenters. The molecule has 2 saturated carbocycles. The predicted octanol–water partition coefficient (Wildman–Crippen LogP) is 5.36. The number of hydrogen-bond acceptors (Lipinski definition) is 4. The first kappa shape index (κ1) is 21.9. The van der Waals surface area contributed by atoms with Crippen LogP contribution in [-0.2, 0) is 16.6 Å². The number of sulfonamides is 1. The van der Waals surface area contributed by atoms with E-state index in [1.807, 2.05) is 12.1 Å². The van der Waals surface area contributed by atoms with Crippen molar-refractivity contribution in [1.82, 2.24) is 9.62 Å². The summed E-state index contributed by atoms with van der Waals surface area (Å²) in [6.45, 7) is 0.738. The summed E-state index contributed by atoms with van der Waals surface area (Å²) in [6.07, 6.45) is 11.9. The molecule has 0 spiro atoms. The van der Waals surface area contributed by atoms with Gasteiger partial charge in [0.2, 0.25) is 10.0 Å². The third-order valence-corrected chi connectivity index (χ3v) is 8.31. The van der Waals surface area contributed by atoms with Gasteiger partial charge in [-0.3, -0.25) is 4.90 Å². The van der Waals surface area contributed by atoms with E-state index in [-0.39, 0.29) is 17.0 Å². The molecule has 0 radical (unpaired) electrons. The van der Waals surface area contributed by atoms with Gasteiger partial charge in [-0.1, -0.05) is 43.7 Å². The molecule has 2 fully saturated rings. The molecule has 164 valence electrons. The molecule has 0 unspecified atom stereocenters. The van der Waals surface area contributed by atoms with Crippen LogP contribution in [0, 0.1) is 0 Å². The van der Waals surface area contributed by atoms with Crippen molar-refractivity contribution in [3.63, 3.8) is 0 Å². The minimum absolute atomic E-state index is 0.101. The minimum atomic E-state index is -3.59. The van der Waals surface area contributed by atoms with Gasteiger partial charge >= 0.3 is 0 Å². The van der Waals surface area contributed by atoms with Gasteiger partial charge in [0, 0.05) is 23.1 Å². The fourth-order valence-electron chi connectivity index (χ4n) is 5.04. The zero-order valence-electron chi connectivity index (χ0n) is 17.3. The Labute approximate surface area is 184 Å². The molecule has 7 heteroatoms. The summed E-state index contributed by atoms with van der Waals surface area (Å²) < 4.78 is 34.9. The van der Waals surface area contributed by atoms with E-state index >= 15 is 0 Å². The minimum Gasteiger partial charge on any atom is -0.468 e. The van der Waals surface area contributed by atoms with Crippen LogP contribution in [0.4, 0.5) is 0 Å². The number of nitrogens with zero attached hydrogens (tertiary/aromatic N) is 1. The Kier molecular flexibility index (Phi) is 7.19. The Hall–Kier alpha value is -1.34. The van der Waals surface area contributed by atoms with Crippen LogP contribution in [0.2, 0.25) is 5.02 Å². The number of rotatable bonds is 7. The van der Waals surface area contributed by atoms with Gasteiger partial charge in [0.1, 0.15) is 5.76 Å². The van der Waals surface area contributed by atoms with Gasteiger partial charge in [0.05, 0.1) is 17.7 Å². The zero-order valence-corrected chi connectivity index (χ0v) is 18.9. The van der Waals surface area contributed by atoms with Gasteiger partial charge in [-0.2, -0.15) is 0 Å². The van der Waals surface area contributed by atoms with Crippen LogP contribution in [0.1, 0.15) is 63.5 Å². The van der Waals surface area contributed by atoms with Crippen molar-refractivity contribution < 1.29 is 12.8 Å². The molecule has 1 N–H and O–H groups in total. The summed E-state index contributed by atoms with van der Waals surface area (Å²) in [6, 6.07) is 10.9. The molecule has 1 aromatic carbocycles. The normalized spacial score (nSPS) is 23.7. The molecule has 2 aliphatic rings. The molecule has 0 amide bonds. The molecule has 5 nitrogen and oxygen atoms in total. The summed E-state index contributed by atoms with van der Waals surface area (Å²) in [7, 11) is -3.59. The second kappa shape index (κ2) is 9.86. The van der Waals surface area contributed by atoms with Crippen LogP contribution in [0.15, 0.2) is 52.0 Å². The van der Waals surface area contributed by atoms with Gasteiger partial charge in [0.25, 0.3) is 0 Å². The molecule has 1 heterocycles. The second-order valence-corrected chi connectivity index (χ2v) is 10.7. The van der Waals surface area contributed by atoms with Crippen LogP contribution < -0.4 is 4.72 Å². The van der Waals surface area contributed by atoms with E-state index in [4.69, 9.17) is 16.0 Å². The van der Waals surface area contributed by atoms with E-state index in [9.17, 15) is 8.42 Å². The van der Waals surface area contributed by atoms with E-state index < -0.39 is 10.0 Å². The van der Waals surface area contributed by atoms with E-state index in [0.717, 1.165) is 38.0 Å². The summed E-state index contributed by atoms with van der Waals surface area (Å²) in [4.78, 5) is 2.80. The van der Waals surface area contributed by atoms with Crippen molar-refractivity contribution in [1.29, 1.82) is 0 Å². The van der Waals surface area contributed by atoms with E-state index in [1.54, 1.807) is 30.5 Å². The van der Waals surface area contributed by atoms with E-state index in [2.05, 4.69) is 9.62 Å². The van der Waals surface area contributed by atoms with Gasteiger partial charge in [-0.15, -0.1) is 0 Å². The van der Waals surface area contributed by atoms with Crippen LogP contribution in [0.5, 0.6) is 0 Å². The molecule has 0 aliphatic heterocycles. The zero-order chi connectivity index (χ0) is 21.0. The molecule has 4 rings (SSSR count). The third-order valence-electron chi connectivity index (χ3n) is 6.55. The lowest BCUT2D eigenvalue weighted by atomic mass is 9.86. The summed E-state index contributed by atoms with van der Waals surface area (Å²) in [5.74, 6) is 0.949. The second-order valence-electron chi connectivity index (χ2n) is 8.58. The smallest absolute Gasteiger partial charge is 0.240 e.